The summed E-state index contributed by atoms with van der Waals surface area (Å²) in [7, 11) is 0. The van der Waals surface area contributed by atoms with Gasteiger partial charge in [0.25, 0.3) is 0 Å². The highest BCUT2D eigenvalue weighted by molar-refractivity contribution is 9.10. The fraction of sp³-hybridized carbons (Fsp3) is 0.235. The fourth-order valence-electron chi connectivity index (χ4n) is 1.93. The SMILES string of the molecule is CCCc1ccc(C(=O)CSc2cccc(Br)c2)cc1. The molecular weight excluding hydrogens is 332 g/mol. The average Bonchev–Trinajstić information content (AvgIpc) is 2.46. The molecule has 2 aromatic carbocycles. The maximum absolute atomic E-state index is 12.1. The monoisotopic (exact) mass is 348 g/mol. The van der Waals surface area contributed by atoms with Crippen molar-refractivity contribution in [1.29, 1.82) is 0 Å². The third-order valence-corrected chi connectivity index (χ3v) is 4.47. The lowest BCUT2D eigenvalue weighted by molar-refractivity contribution is 0.102. The molecule has 0 aromatic heterocycles. The van der Waals surface area contributed by atoms with E-state index in [4.69, 9.17) is 0 Å². The summed E-state index contributed by atoms with van der Waals surface area (Å²) in [5.74, 6) is 0.654. The molecule has 0 aliphatic heterocycles. The lowest BCUT2D eigenvalue weighted by Crippen LogP contribution is -2.02. The van der Waals surface area contributed by atoms with Crippen molar-refractivity contribution in [3.63, 3.8) is 0 Å². The summed E-state index contributed by atoms with van der Waals surface area (Å²) in [6.45, 7) is 2.16. The molecule has 0 spiro atoms. The summed E-state index contributed by atoms with van der Waals surface area (Å²) in [6.07, 6.45) is 2.20. The summed E-state index contributed by atoms with van der Waals surface area (Å²) in [5, 5.41) is 0. The number of hydrogen-bond acceptors (Lipinski definition) is 2. The van der Waals surface area contributed by atoms with E-state index < -0.39 is 0 Å². The van der Waals surface area contributed by atoms with Crippen molar-refractivity contribution < 1.29 is 4.79 Å². The minimum absolute atomic E-state index is 0.179. The first-order chi connectivity index (χ1) is 9.69. The Hall–Kier alpha value is -1.06. The molecule has 0 heterocycles. The van der Waals surface area contributed by atoms with Gasteiger partial charge in [0.05, 0.1) is 5.75 Å². The second-order valence-corrected chi connectivity index (χ2v) is 6.58. The van der Waals surface area contributed by atoms with Gasteiger partial charge in [-0.05, 0) is 30.2 Å². The van der Waals surface area contributed by atoms with Crippen LogP contribution in [0.25, 0.3) is 0 Å². The van der Waals surface area contributed by atoms with E-state index in [1.807, 2.05) is 36.4 Å². The highest BCUT2D eigenvalue weighted by atomic mass is 79.9. The number of benzene rings is 2. The molecule has 0 atom stereocenters. The molecule has 0 fully saturated rings. The van der Waals surface area contributed by atoms with Gasteiger partial charge in [0.15, 0.2) is 5.78 Å². The molecule has 0 radical (unpaired) electrons. The normalized spacial score (nSPS) is 10.5. The van der Waals surface area contributed by atoms with E-state index in [9.17, 15) is 4.79 Å². The maximum atomic E-state index is 12.1. The van der Waals surface area contributed by atoms with Crippen LogP contribution in [0.5, 0.6) is 0 Å². The first kappa shape index (κ1) is 15.3. The van der Waals surface area contributed by atoms with Crippen LogP contribution in [-0.2, 0) is 6.42 Å². The van der Waals surface area contributed by atoms with Crippen LogP contribution in [0.2, 0.25) is 0 Å². The van der Waals surface area contributed by atoms with Crippen molar-refractivity contribution in [2.24, 2.45) is 0 Å². The Labute approximate surface area is 132 Å². The van der Waals surface area contributed by atoms with Crippen LogP contribution in [0.15, 0.2) is 57.9 Å². The Kier molecular flexibility index (Phi) is 5.86. The largest absolute Gasteiger partial charge is 0.293 e. The average molecular weight is 349 g/mol. The van der Waals surface area contributed by atoms with Gasteiger partial charge < -0.3 is 0 Å². The molecule has 0 amide bonds. The summed E-state index contributed by atoms with van der Waals surface area (Å²) in [6, 6.07) is 16.0. The number of aryl methyl sites for hydroxylation is 1. The number of thioether (sulfide) groups is 1. The number of rotatable bonds is 6. The number of ketones is 1. The standard InChI is InChI=1S/C17H17BrOS/c1-2-4-13-7-9-14(10-8-13)17(19)12-20-16-6-3-5-15(18)11-16/h3,5-11H,2,4,12H2,1H3. The van der Waals surface area contributed by atoms with Gasteiger partial charge in [-0.15, -0.1) is 11.8 Å². The van der Waals surface area contributed by atoms with Crippen molar-refractivity contribution in [2.45, 2.75) is 24.7 Å². The molecule has 2 aromatic rings. The van der Waals surface area contributed by atoms with E-state index in [2.05, 4.69) is 35.0 Å². The lowest BCUT2D eigenvalue weighted by Gasteiger charge is -2.04. The van der Waals surface area contributed by atoms with E-state index in [1.165, 1.54) is 5.56 Å². The van der Waals surface area contributed by atoms with Crippen LogP contribution in [0, 0.1) is 0 Å². The first-order valence-electron chi connectivity index (χ1n) is 6.69. The number of hydrogen-bond donors (Lipinski definition) is 0. The van der Waals surface area contributed by atoms with Gasteiger partial charge in [-0.2, -0.15) is 0 Å². The molecule has 3 heteroatoms. The molecule has 0 bridgehead atoms. The quantitative estimate of drug-likeness (QED) is 0.515. The van der Waals surface area contributed by atoms with E-state index in [1.54, 1.807) is 11.8 Å². The summed E-state index contributed by atoms with van der Waals surface area (Å²) in [5.41, 5.74) is 2.09. The first-order valence-corrected chi connectivity index (χ1v) is 8.47. The summed E-state index contributed by atoms with van der Waals surface area (Å²) >= 11 is 5.01. The van der Waals surface area contributed by atoms with Crippen molar-refractivity contribution in [3.8, 4) is 0 Å². The second kappa shape index (κ2) is 7.65. The second-order valence-electron chi connectivity index (χ2n) is 4.62. The van der Waals surface area contributed by atoms with Crippen molar-refractivity contribution in [2.75, 3.05) is 5.75 Å². The maximum Gasteiger partial charge on any atom is 0.173 e. The minimum Gasteiger partial charge on any atom is -0.293 e. The smallest absolute Gasteiger partial charge is 0.173 e. The Morgan fingerprint density at radius 3 is 2.55 bits per heavy atom. The van der Waals surface area contributed by atoms with Crippen LogP contribution >= 0.6 is 27.7 Å². The van der Waals surface area contributed by atoms with Crippen molar-refractivity contribution in [1.82, 2.24) is 0 Å². The van der Waals surface area contributed by atoms with Crippen LogP contribution in [0.4, 0.5) is 0 Å². The van der Waals surface area contributed by atoms with E-state index >= 15 is 0 Å². The summed E-state index contributed by atoms with van der Waals surface area (Å²) < 4.78 is 1.04. The minimum atomic E-state index is 0.179. The fourth-order valence-corrected chi connectivity index (χ4v) is 3.34. The number of halogens is 1. The molecule has 0 unspecified atom stereocenters. The zero-order valence-electron chi connectivity index (χ0n) is 11.4. The van der Waals surface area contributed by atoms with Gasteiger partial charge in [0, 0.05) is 14.9 Å². The Bertz CT molecular complexity index is 578. The predicted molar refractivity (Wildman–Crippen MR) is 89.6 cm³/mol. The summed E-state index contributed by atoms with van der Waals surface area (Å²) in [4.78, 5) is 13.2. The van der Waals surface area contributed by atoms with E-state index in [-0.39, 0.29) is 5.78 Å². The van der Waals surface area contributed by atoms with Gasteiger partial charge >= 0.3 is 0 Å². The topological polar surface area (TPSA) is 17.1 Å². The van der Waals surface area contributed by atoms with Gasteiger partial charge in [0.2, 0.25) is 0 Å². The molecule has 0 aliphatic carbocycles. The zero-order valence-corrected chi connectivity index (χ0v) is 13.8. The van der Waals surface area contributed by atoms with E-state index in [0.717, 1.165) is 27.8 Å². The zero-order chi connectivity index (χ0) is 14.4. The number of Topliss-reactive ketones (excluding diaryl/α,β-unsaturated/α-hetero) is 1. The Morgan fingerprint density at radius 2 is 1.90 bits per heavy atom. The van der Waals surface area contributed by atoms with E-state index in [0.29, 0.717) is 5.75 Å². The molecule has 0 aliphatic rings. The molecule has 104 valence electrons. The third kappa shape index (κ3) is 4.50. The van der Waals surface area contributed by atoms with Gasteiger partial charge in [-0.25, -0.2) is 0 Å². The highest BCUT2D eigenvalue weighted by Crippen LogP contribution is 2.22. The van der Waals surface area contributed by atoms with Gasteiger partial charge in [-0.3, -0.25) is 4.79 Å². The molecular formula is C17H17BrOS. The Balaban J connectivity index is 1.94. The molecule has 2 rings (SSSR count). The Morgan fingerprint density at radius 1 is 1.15 bits per heavy atom. The van der Waals surface area contributed by atoms with Gasteiger partial charge in [-0.1, -0.05) is 59.6 Å². The molecule has 20 heavy (non-hydrogen) atoms. The third-order valence-electron chi connectivity index (χ3n) is 2.98. The van der Waals surface area contributed by atoms with Crippen LogP contribution in [-0.4, -0.2) is 11.5 Å². The van der Waals surface area contributed by atoms with Crippen LogP contribution in [0.1, 0.15) is 29.3 Å². The predicted octanol–water partition coefficient (Wildman–Crippen LogP) is 5.38. The molecule has 1 nitrogen and oxygen atoms in total. The van der Waals surface area contributed by atoms with Crippen LogP contribution < -0.4 is 0 Å². The van der Waals surface area contributed by atoms with Crippen molar-refractivity contribution >= 4 is 33.5 Å². The number of carbonyl (C=O) groups is 1. The molecule has 0 saturated heterocycles. The lowest BCUT2D eigenvalue weighted by atomic mass is 10.1. The van der Waals surface area contributed by atoms with Crippen LogP contribution in [0.3, 0.4) is 0 Å². The molecule has 0 N–H and O–H groups in total. The highest BCUT2D eigenvalue weighted by Gasteiger charge is 2.06. The van der Waals surface area contributed by atoms with Crippen molar-refractivity contribution in [3.05, 3.63) is 64.1 Å². The molecule has 0 saturated carbocycles. The van der Waals surface area contributed by atoms with Gasteiger partial charge in [0.1, 0.15) is 0 Å². The number of carbonyl (C=O) groups excluding carboxylic acids is 1.